The number of carbonyl (C=O) groups is 1. The molecule has 1 N–H and O–H groups in total. The van der Waals surface area contributed by atoms with Crippen LogP contribution in [-0.2, 0) is 4.79 Å². The van der Waals surface area contributed by atoms with Crippen molar-refractivity contribution in [3.05, 3.63) is 106 Å². The molecule has 0 aliphatic heterocycles. The highest BCUT2D eigenvalue weighted by Gasteiger charge is 2.21. The third-order valence-corrected chi connectivity index (χ3v) is 7.55. The van der Waals surface area contributed by atoms with Crippen LogP contribution in [0.5, 0.6) is 0 Å². The number of hydrogen-bond acceptors (Lipinski definition) is 5. The van der Waals surface area contributed by atoms with Crippen LogP contribution in [0.2, 0.25) is 0 Å². The molecule has 35 heavy (non-hydrogen) atoms. The Morgan fingerprint density at radius 1 is 0.943 bits per heavy atom. The first-order valence-corrected chi connectivity index (χ1v) is 13.0. The Labute approximate surface area is 211 Å². The smallest absolute Gasteiger partial charge is 0.268 e. The fourth-order valence-electron chi connectivity index (χ4n) is 3.96. The summed E-state index contributed by atoms with van der Waals surface area (Å²) in [6.07, 6.45) is 0. The molecule has 2 heterocycles. The van der Waals surface area contributed by atoms with Gasteiger partial charge in [0.05, 0.1) is 16.8 Å². The molecular formula is C28H23N3O2S2. The summed E-state index contributed by atoms with van der Waals surface area (Å²) in [7, 11) is 0. The molecule has 0 aliphatic carbocycles. The van der Waals surface area contributed by atoms with Crippen molar-refractivity contribution in [2.75, 3.05) is 11.1 Å². The number of para-hydroxylation sites is 1. The van der Waals surface area contributed by atoms with Gasteiger partial charge in [-0.15, -0.1) is 11.3 Å². The van der Waals surface area contributed by atoms with Crippen LogP contribution in [0.1, 0.15) is 10.4 Å². The Bertz CT molecular complexity index is 1560. The lowest BCUT2D eigenvalue weighted by atomic mass is 10.0. The van der Waals surface area contributed by atoms with E-state index in [2.05, 4.69) is 5.32 Å². The van der Waals surface area contributed by atoms with E-state index in [1.807, 2.05) is 98.8 Å². The van der Waals surface area contributed by atoms with Gasteiger partial charge in [0, 0.05) is 16.1 Å². The van der Waals surface area contributed by atoms with E-state index in [0.29, 0.717) is 15.4 Å². The molecule has 1 amide bonds. The molecular weight excluding hydrogens is 474 g/mol. The lowest BCUT2D eigenvalue weighted by molar-refractivity contribution is -0.113. The van der Waals surface area contributed by atoms with E-state index in [4.69, 9.17) is 4.98 Å². The van der Waals surface area contributed by atoms with E-state index in [0.717, 1.165) is 32.9 Å². The standard InChI is InChI=1S/C28H23N3O2S2/c1-18-13-15-21(16-14-18)29-23(32)17-34-28-30-26-25(27(33)31(28)22-11-7-4-8-12-22)24(19(2)35-26)20-9-5-3-6-10-20/h3-16H,17H2,1-2H3,(H,29,32). The monoisotopic (exact) mass is 497 g/mol. The highest BCUT2D eigenvalue weighted by molar-refractivity contribution is 7.99. The molecule has 0 fully saturated rings. The van der Waals surface area contributed by atoms with Gasteiger partial charge in [-0.3, -0.25) is 14.2 Å². The zero-order valence-electron chi connectivity index (χ0n) is 19.3. The van der Waals surface area contributed by atoms with E-state index in [-0.39, 0.29) is 17.2 Å². The number of fused-ring (bicyclic) bond motifs is 1. The lowest BCUT2D eigenvalue weighted by Gasteiger charge is -2.13. The first-order valence-electron chi connectivity index (χ1n) is 11.2. The summed E-state index contributed by atoms with van der Waals surface area (Å²) in [5.41, 5.74) is 4.37. The van der Waals surface area contributed by atoms with Crippen molar-refractivity contribution in [3.63, 3.8) is 0 Å². The first-order chi connectivity index (χ1) is 17.0. The summed E-state index contributed by atoms with van der Waals surface area (Å²) in [4.78, 5) is 33.2. The van der Waals surface area contributed by atoms with Crippen LogP contribution < -0.4 is 10.9 Å². The predicted molar refractivity (Wildman–Crippen MR) is 146 cm³/mol. The van der Waals surface area contributed by atoms with Gasteiger partial charge in [0.25, 0.3) is 5.56 Å². The number of hydrogen-bond donors (Lipinski definition) is 1. The second kappa shape index (κ2) is 9.90. The number of benzene rings is 3. The molecule has 2 aromatic heterocycles. The Morgan fingerprint density at radius 2 is 1.60 bits per heavy atom. The first kappa shape index (κ1) is 23.1. The fourth-order valence-corrected chi connectivity index (χ4v) is 5.86. The number of rotatable bonds is 6. The van der Waals surface area contributed by atoms with Crippen molar-refractivity contribution in [3.8, 4) is 16.8 Å². The molecule has 7 heteroatoms. The maximum Gasteiger partial charge on any atom is 0.268 e. The van der Waals surface area contributed by atoms with E-state index in [1.54, 1.807) is 4.57 Å². The van der Waals surface area contributed by atoms with Gasteiger partial charge in [0.1, 0.15) is 4.83 Å². The minimum Gasteiger partial charge on any atom is -0.325 e. The van der Waals surface area contributed by atoms with Gasteiger partial charge in [-0.1, -0.05) is 78.0 Å². The second-order valence-electron chi connectivity index (χ2n) is 8.15. The molecule has 0 saturated carbocycles. The molecule has 0 unspecified atom stereocenters. The third-order valence-electron chi connectivity index (χ3n) is 5.62. The van der Waals surface area contributed by atoms with Gasteiger partial charge in [-0.2, -0.15) is 0 Å². The van der Waals surface area contributed by atoms with Crippen molar-refractivity contribution in [2.45, 2.75) is 19.0 Å². The molecule has 5 nitrogen and oxygen atoms in total. The van der Waals surface area contributed by atoms with Gasteiger partial charge < -0.3 is 5.32 Å². The molecule has 5 aromatic rings. The maximum absolute atomic E-state index is 13.9. The van der Waals surface area contributed by atoms with Crippen molar-refractivity contribution in [1.82, 2.24) is 9.55 Å². The minimum atomic E-state index is -0.153. The quantitative estimate of drug-likeness (QED) is 0.216. The minimum absolute atomic E-state index is 0.133. The van der Waals surface area contributed by atoms with E-state index >= 15 is 0 Å². The number of anilines is 1. The van der Waals surface area contributed by atoms with Crippen LogP contribution in [0.25, 0.3) is 27.0 Å². The van der Waals surface area contributed by atoms with Crippen LogP contribution in [0.3, 0.4) is 0 Å². The van der Waals surface area contributed by atoms with Gasteiger partial charge in [0.15, 0.2) is 5.16 Å². The molecule has 0 bridgehead atoms. The number of aryl methyl sites for hydroxylation is 2. The fraction of sp³-hybridized carbons (Fsp3) is 0.107. The highest BCUT2D eigenvalue weighted by Crippen LogP contribution is 2.37. The van der Waals surface area contributed by atoms with Crippen LogP contribution in [-0.4, -0.2) is 21.2 Å². The van der Waals surface area contributed by atoms with Crippen molar-refractivity contribution in [1.29, 1.82) is 0 Å². The topological polar surface area (TPSA) is 64.0 Å². The average Bonchev–Trinajstić information content (AvgIpc) is 3.21. The molecule has 0 atom stereocenters. The number of amides is 1. The van der Waals surface area contributed by atoms with Gasteiger partial charge in [0.2, 0.25) is 5.91 Å². The average molecular weight is 498 g/mol. The van der Waals surface area contributed by atoms with Crippen molar-refractivity contribution in [2.24, 2.45) is 0 Å². The Morgan fingerprint density at radius 3 is 2.29 bits per heavy atom. The van der Waals surface area contributed by atoms with Crippen LogP contribution in [0.15, 0.2) is 94.9 Å². The third kappa shape index (κ3) is 4.78. The molecule has 0 saturated heterocycles. The summed E-state index contributed by atoms with van der Waals surface area (Å²) in [6, 6.07) is 27.0. The normalized spacial score (nSPS) is 11.0. The molecule has 3 aromatic carbocycles. The number of aromatic nitrogens is 2. The number of carbonyl (C=O) groups excluding carboxylic acids is 1. The predicted octanol–water partition coefficient (Wildman–Crippen LogP) is 6.46. The van der Waals surface area contributed by atoms with Crippen molar-refractivity contribution < 1.29 is 4.79 Å². The van der Waals surface area contributed by atoms with Crippen molar-refractivity contribution >= 4 is 44.9 Å². The van der Waals surface area contributed by atoms with E-state index in [1.165, 1.54) is 23.1 Å². The zero-order valence-corrected chi connectivity index (χ0v) is 21.0. The van der Waals surface area contributed by atoms with Gasteiger partial charge >= 0.3 is 0 Å². The molecule has 174 valence electrons. The molecule has 0 spiro atoms. The summed E-state index contributed by atoms with van der Waals surface area (Å²) in [5.74, 6) is -0.0192. The number of nitrogens with zero attached hydrogens (tertiary/aromatic N) is 2. The lowest BCUT2D eigenvalue weighted by Crippen LogP contribution is -2.22. The zero-order chi connectivity index (χ0) is 24.4. The Kier molecular flexibility index (Phi) is 6.53. The van der Waals surface area contributed by atoms with Crippen LogP contribution >= 0.6 is 23.1 Å². The molecule has 5 rings (SSSR count). The summed E-state index contributed by atoms with van der Waals surface area (Å²) >= 11 is 2.76. The van der Waals surface area contributed by atoms with E-state index < -0.39 is 0 Å². The Hall–Kier alpha value is -3.68. The molecule has 0 aliphatic rings. The summed E-state index contributed by atoms with van der Waals surface area (Å²) in [6.45, 7) is 4.02. The van der Waals surface area contributed by atoms with E-state index in [9.17, 15) is 9.59 Å². The largest absolute Gasteiger partial charge is 0.325 e. The second-order valence-corrected chi connectivity index (χ2v) is 10.3. The SMILES string of the molecule is Cc1ccc(NC(=O)CSc2nc3sc(C)c(-c4ccccc4)c3c(=O)n2-c2ccccc2)cc1. The number of thioether (sulfide) groups is 1. The van der Waals surface area contributed by atoms with Gasteiger partial charge in [-0.25, -0.2) is 4.98 Å². The molecule has 0 radical (unpaired) electrons. The van der Waals surface area contributed by atoms with Gasteiger partial charge in [-0.05, 0) is 43.7 Å². The number of thiophene rings is 1. The summed E-state index contributed by atoms with van der Waals surface area (Å²) in [5, 5.41) is 4.01. The van der Waals surface area contributed by atoms with Crippen LogP contribution in [0.4, 0.5) is 5.69 Å². The Balaban J connectivity index is 1.56. The highest BCUT2D eigenvalue weighted by atomic mass is 32.2. The van der Waals surface area contributed by atoms with Crippen LogP contribution in [0, 0.1) is 13.8 Å². The maximum atomic E-state index is 13.9. The number of nitrogens with one attached hydrogen (secondary N) is 1. The summed E-state index contributed by atoms with van der Waals surface area (Å²) < 4.78 is 1.62.